The van der Waals surface area contributed by atoms with Crippen LogP contribution in [0.5, 0.6) is 5.75 Å². The predicted molar refractivity (Wildman–Crippen MR) is 93.1 cm³/mol. The second-order valence-electron chi connectivity index (χ2n) is 6.03. The number of amides is 1. The Bertz CT molecular complexity index is 669. The average Bonchev–Trinajstić information content (AvgIpc) is 2.53. The van der Waals surface area contributed by atoms with E-state index in [4.69, 9.17) is 4.74 Å². The molecule has 0 spiro atoms. The minimum atomic E-state index is -0.119. The normalized spacial score (nSPS) is 11.1. The van der Waals surface area contributed by atoms with Gasteiger partial charge in [0, 0.05) is 12.4 Å². The predicted octanol–water partition coefficient (Wildman–Crippen LogP) is 3.51. The van der Waals surface area contributed by atoms with Gasteiger partial charge < -0.3 is 10.1 Å². The Hall–Kier alpha value is -2.08. The summed E-state index contributed by atoms with van der Waals surface area (Å²) >= 11 is 1.30. The number of nitrogens with one attached hydrogen (secondary N) is 1. The largest absolute Gasteiger partial charge is 0.495 e. The summed E-state index contributed by atoms with van der Waals surface area (Å²) in [5.74, 6) is 0.770. The quantitative estimate of drug-likeness (QED) is 0.671. The first-order valence-corrected chi connectivity index (χ1v) is 8.27. The molecule has 122 valence electrons. The molecule has 0 unspecified atom stereocenters. The molecule has 0 saturated heterocycles. The van der Waals surface area contributed by atoms with Crippen LogP contribution in [0.4, 0.5) is 5.69 Å². The van der Waals surface area contributed by atoms with Gasteiger partial charge in [-0.25, -0.2) is 9.97 Å². The first-order valence-electron chi connectivity index (χ1n) is 7.28. The molecule has 0 aliphatic heterocycles. The number of carbonyl (C=O) groups excluding carboxylic acids is 1. The summed E-state index contributed by atoms with van der Waals surface area (Å²) in [6.07, 6.45) is 3.31. The molecule has 0 bridgehead atoms. The standard InChI is InChI=1S/C17H21N3O2S/c1-17(2,3)12-6-7-14(22-4)13(10-12)20-15(21)11-23-16-18-8-5-9-19-16/h5-10H,11H2,1-4H3,(H,20,21). The monoisotopic (exact) mass is 331 g/mol. The van der Waals surface area contributed by atoms with Gasteiger partial charge in [-0.3, -0.25) is 4.79 Å². The molecular weight excluding hydrogens is 310 g/mol. The first kappa shape index (κ1) is 17.3. The zero-order valence-corrected chi connectivity index (χ0v) is 14.6. The molecule has 2 rings (SSSR count). The van der Waals surface area contributed by atoms with Crippen molar-refractivity contribution >= 4 is 23.4 Å². The highest BCUT2D eigenvalue weighted by atomic mass is 32.2. The Kier molecular flexibility index (Phi) is 5.60. The fourth-order valence-corrected chi connectivity index (χ4v) is 2.55. The maximum Gasteiger partial charge on any atom is 0.234 e. The van der Waals surface area contributed by atoms with Gasteiger partial charge in [-0.05, 0) is 29.2 Å². The van der Waals surface area contributed by atoms with Gasteiger partial charge in [0.2, 0.25) is 5.91 Å². The number of thioether (sulfide) groups is 1. The van der Waals surface area contributed by atoms with Gasteiger partial charge in [-0.2, -0.15) is 0 Å². The van der Waals surface area contributed by atoms with Crippen LogP contribution in [0.2, 0.25) is 0 Å². The number of ether oxygens (including phenoxy) is 1. The van der Waals surface area contributed by atoms with Crippen molar-refractivity contribution in [2.75, 3.05) is 18.2 Å². The number of methoxy groups -OCH3 is 1. The van der Waals surface area contributed by atoms with E-state index < -0.39 is 0 Å². The number of aromatic nitrogens is 2. The van der Waals surface area contributed by atoms with Crippen LogP contribution in [0.25, 0.3) is 0 Å². The number of hydrogen-bond donors (Lipinski definition) is 1. The fraction of sp³-hybridized carbons (Fsp3) is 0.353. The SMILES string of the molecule is COc1ccc(C(C)(C)C)cc1NC(=O)CSc1ncccn1. The molecule has 6 heteroatoms. The number of anilines is 1. The Balaban J connectivity index is 2.07. The van der Waals surface area contributed by atoms with Gasteiger partial charge in [0.25, 0.3) is 0 Å². The van der Waals surface area contributed by atoms with E-state index in [1.165, 1.54) is 11.8 Å². The molecule has 1 amide bonds. The Morgan fingerprint density at radius 2 is 1.96 bits per heavy atom. The van der Waals surface area contributed by atoms with Crippen molar-refractivity contribution in [1.82, 2.24) is 9.97 Å². The zero-order chi connectivity index (χ0) is 16.9. The lowest BCUT2D eigenvalue weighted by molar-refractivity contribution is -0.113. The van der Waals surface area contributed by atoms with E-state index >= 15 is 0 Å². The highest BCUT2D eigenvalue weighted by Crippen LogP contribution is 2.31. The number of rotatable bonds is 5. The average molecular weight is 331 g/mol. The number of benzene rings is 1. The lowest BCUT2D eigenvalue weighted by atomic mass is 9.87. The van der Waals surface area contributed by atoms with Gasteiger partial charge in [0.15, 0.2) is 5.16 Å². The zero-order valence-electron chi connectivity index (χ0n) is 13.8. The number of carbonyl (C=O) groups is 1. The smallest absolute Gasteiger partial charge is 0.234 e. The van der Waals surface area contributed by atoms with E-state index in [1.54, 1.807) is 25.6 Å². The summed E-state index contributed by atoms with van der Waals surface area (Å²) < 4.78 is 5.33. The van der Waals surface area contributed by atoms with E-state index in [9.17, 15) is 4.79 Å². The van der Waals surface area contributed by atoms with Crippen LogP contribution in [0.3, 0.4) is 0 Å². The van der Waals surface area contributed by atoms with Crippen LogP contribution in [0.15, 0.2) is 41.8 Å². The number of nitrogens with zero attached hydrogens (tertiary/aromatic N) is 2. The number of hydrogen-bond acceptors (Lipinski definition) is 5. The van der Waals surface area contributed by atoms with Crippen LogP contribution in [0, 0.1) is 0 Å². The Labute approximate surface area is 140 Å². The highest BCUT2D eigenvalue weighted by molar-refractivity contribution is 7.99. The van der Waals surface area contributed by atoms with Crippen molar-refractivity contribution in [2.24, 2.45) is 0 Å². The summed E-state index contributed by atoms with van der Waals surface area (Å²) in [5, 5.41) is 3.49. The fourth-order valence-electron chi connectivity index (χ4n) is 1.95. The molecule has 0 fully saturated rings. The molecule has 0 saturated carbocycles. The third-order valence-electron chi connectivity index (χ3n) is 3.21. The van der Waals surface area contributed by atoms with Crippen LogP contribution in [-0.2, 0) is 10.2 Å². The van der Waals surface area contributed by atoms with Crippen LogP contribution in [-0.4, -0.2) is 28.7 Å². The molecule has 1 aromatic heterocycles. The summed E-state index contributed by atoms with van der Waals surface area (Å²) in [6.45, 7) is 6.38. The maximum atomic E-state index is 12.2. The lowest BCUT2D eigenvalue weighted by Crippen LogP contribution is -2.17. The summed E-state index contributed by atoms with van der Waals surface area (Å²) in [6, 6.07) is 7.60. The first-order chi connectivity index (χ1) is 10.9. The third kappa shape index (κ3) is 4.96. The lowest BCUT2D eigenvalue weighted by Gasteiger charge is -2.21. The highest BCUT2D eigenvalue weighted by Gasteiger charge is 2.17. The van der Waals surface area contributed by atoms with Crippen molar-refractivity contribution in [1.29, 1.82) is 0 Å². The van der Waals surface area contributed by atoms with Crippen LogP contribution < -0.4 is 10.1 Å². The Morgan fingerprint density at radius 3 is 2.57 bits per heavy atom. The van der Waals surface area contributed by atoms with Crippen molar-refractivity contribution in [3.05, 3.63) is 42.2 Å². The van der Waals surface area contributed by atoms with Gasteiger partial charge in [-0.15, -0.1) is 0 Å². The molecule has 0 aliphatic carbocycles. The summed E-state index contributed by atoms with van der Waals surface area (Å²) in [4.78, 5) is 20.3. The minimum absolute atomic E-state index is 0.00161. The molecule has 1 heterocycles. The van der Waals surface area contributed by atoms with Gasteiger partial charge in [0.05, 0.1) is 18.6 Å². The van der Waals surface area contributed by atoms with Crippen molar-refractivity contribution in [3.8, 4) is 5.75 Å². The summed E-state index contributed by atoms with van der Waals surface area (Å²) in [7, 11) is 1.59. The van der Waals surface area contributed by atoms with E-state index in [-0.39, 0.29) is 17.1 Å². The van der Waals surface area contributed by atoms with E-state index in [1.807, 2.05) is 18.2 Å². The maximum absolute atomic E-state index is 12.2. The second-order valence-corrected chi connectivity index (χ2v) is 6.98. The topological polar surface area (TPSA) is 64.1 Å². The molecule has 0 atom stereocenters. The molecule has 23 heavy (non-hydrogen) atoms. The molecule has 1 aromatic carbocycles. The molecule has 5 nitrogen and oxygen atoms in total. The molecule has 0 radical (unpaired) electrons. The van der Waals surface area contributed by atoms with Crippen molar-refractivity contribution in [3.63, 3.8) is 0 Å². The van der Waals surface area contributed by atoms with Gasteiger partial charge in [0.1, 0.15) is 5.75 Å². The molecular formula is C17H21N3O2S. The van der Waals surface area contributed by atoms with E-state index in [0.717, 1.165) is 5.56 Å². The minimum Gasteiger partial charge on any atom is -0.495 e. The van der Waals surface area contributed by atoms with Gasteiger partial charge in [-0.1, -0.05) is 38.6 Å². The molecule has 2 aromatic rings. The van der Waals surface area contributed by atoms with Crippen LogP contribution in [0.1, 0.15) is 26.3 Å². The van der Waals surface area contributed by atoms with Gasteiger partial charge >= 0.3 is 0 Å². The second kappa shape index (κ2) is 7.46. The van der Waals surface area contributed by atoms with Crippen molar-refractivity contribution < 1.29 is 9.53 Å². The third-order valence-corrected chi connectivity index (χ3v) is 4.09. The van der Waals surface area contributed by atoms with Crippen molar-refractivity contribution in [2.45, 2.75) is 31.3 Å². The van der Waals surface area contributed by atoms with E-state index in [2.05, 4.69) is 36.1 Å². The Morgan fingerprint density at radius 1 is 1.26 bits per heavy atom. The molecule has 0 aliphatic rings. The molecule has 1 N–H and O–H groups in total. The van der Waals surface area contributed by atoms with E-state index in [0.29, 0.717) is 16.6 Å². The van der Waals surface area contributed by atoms with Crippen LogP contribution >= 0.6 is 11.8 Å². The summed E-state index contributed by atoms with van der Waals surface area (Å²) in [5.41, 5.74) is 1.81.